The van der Waals surface area contributed by atoms with Gasteiger partial charge < -0.3 is 10.6 Å². The fourth-order valence-corrected chi connectivity index (χ4v) is 1.63. The smallest absolute Gasteiger partial charge is 0.271 e. The standard InChI is InChI=1S/C12H22N4O/c1-3-5-7-16(8-6-4-2)12(17)10-9-11(13)15-14-10/h9H,3-8H2,1-2H3,(H3,13,14,15). The number of nitrogens with one attached hydrogen (secondary N) is 1. The van der Waals surface area contributed by atoms with Crippen LogP contribution in [0.4, 0.5) is 5.82 Å². The lowest BCUT2D eigenvalue weighted by Crippen LogP contribution is -2.33. The predicted molar refractivity (Wildman–Crippen MR) is 68.7 cm³/mol. The van der Waals surface area contributed by atoms with Gasteiger partial charge in [0.2, 0.25) is 0 Å². The highest BCUT2D eigenvalue weighted by atomic mass is 16.2. The Morgan fingerprint density at radius 1 is 1.35 bits per heavy atom. The largest absolute Gasteiger partial charge is 0.382 e. The first-order valence-corrected chi connectivity index (χ1v) is 6.29. The molecule has 0 saturated carbocycles. The zero-order chi connectivity index (χ0) is 12.7. The SMILES string of the molecule is CCCCN(CCCC)C(=O)c1cc(N)n[nH]1. The van der Waals surface area contributed by atoms with Crippen molar-refractivity contribution < 1.29 is 4.79 Å². The van der Waals surface area contributed by atoms with Crippen molar-refractivity contribution >= 4 is 11.7 Å². The molecule has 0 fully saturated rings. The quantitative estimate of drug-likeness (QED) is 0.763. The van der Waals surface area contributed by atoms with Crippen molar-refractivity contribution in [2.75, 3.05) is 18.8 Å². The van der Waals surface area contributed by atoms with E-state index in [-0.39, 0.29) is 5.91 Å². The molecule has 0 spiro atoms. The molecule has 0 bridgehead atoms. The maximum absolute atomic E-state index is 12.2. The van der Waals surface area contributed by atoms with Gasteiger partial charge in [-0.25, -0.2) is 0 Å². The predicted octanol–water partition coefficient (Wildman–Crippen LogP) is 2.03. The summed E-state index contributed by atoms with van der Waals surface area (Å²) in [6, 6.07) is 1.59. The van der Waals surface area contributed by atoms with Crippen LogP contribution in [0.5, 0.6) is 0 Å². The van der Waals surface area contributed by atoms with Crippen LogP contribution in [0.25, 0.3) is 0 Å². The summed E-state index contributed by atoms with van der Waals surface area (Å²) in [6.07, 6.45) is 4.22. The number of nitrogens with two attached hydrogens (primary N) is 1. The second-order valence-electron chi connectivity index (χ2n) is 4.21. The van der Waals surface area contributed by atoms with Gasteiger partial charge in [-0.05, 0) is 12.8 Å². The number of aromatic amines is 1. The Kier molecular flexibility index (Phi) is 5.52. The minimum absolute atomic E-state index is 0.00361. The van der Waals surface area contributed by atoms with E-state index in [0.717, 1.165) is 38.8 Å². The molecule has 0 aliphatic carbocycles. The van der Waals surface area contributed by atoms with E-state index in [1.54, 1.807) is 6.07 Å². The molecule has 0 saturated heterocycles. The number of hydrogen-bond acceptors (Lipinski definition) is 3. The second-order valence-corrected chi connectivity index (χ2v) is 4.21. The summed E-state index contributed by atoms with van der Waals surface area (Å²) in [6.45, 7) is 5.84. The fraction of sp³-hybridized carbons (Fsp3) is 0.667. The molecule has 1 heterocycles. The first-order valence-electron chi connectivity index (χ1n) is 6.29. The lowest BCUT2D eigenvalue weighted by molar-refractivity contribution is 0.0745. The van der Waals surface area contributed by atoms with Crippen LogP contribution in [0.15, 0.2) is 6.07 Å². The Labute approximate surface area is 102 Å². The average molecular weight is 238 g/mol. The summed E-state index contributed by atoms with van der Waals surface area (Å²) in [7, 11) is 0. The van der Waals surface area contributed by atoms with Crippen molar-refractivity contribution in [2.45, 2.75) is 39.5 Å². The number of nitrogens with zero attached hydrogens (tertiary/aromatic N) is 2. The molecule has 96 valence electrons. The van der Waals surface area contributed by atoms with Crippen molar-refractivity contribution in [2.24, 2.45) is 0 Å². The zero-order valence-electron chi connectivity index (χ0n) is 10.7. The zero-order valence-corrected chi connectivity index (χ0v) is 10.7. The lowest BCUT2D eigenvalue weighted by atomic mass is 10.2. The number of carbonyl (C=O) groups is 1. The topological polar surface area (TPSA) is 75.0 Å². The van der Waals surface area contributed by atoms with Crippen LogP contribution in [0, 0.1) is 0 Å². The number of carbonyl (C=O) groups excluding carboxylic acids is 1. The number of hydrogen-bond donors (Lipinski definition) is 2. The number of H-pyrrole nitrogens is 1. The Morgan fingerprint density at radius 3 is 2.35 bits per heavy atom. The minimum Gasteiger partial charge on any atom is -0.382 e. The van der Waals surface area contributed by atoms with Gasteiger partial charge in [0.15, 0.2) is 0 Å². The average Bonchev–Trinajstić information content (AvgIpc) is 2.75. The molecule has 17 heavy (non-hydrogen) atoms. The normalized spacial score (nSPS) is 10.5. The van der Waals surface area contributed by atoms with Gasteiger partial charge in [-0.15, -0.1) is 0 Å². The molecule has 0 aliphatic heterocycles. The molecule has 5 nitrogen and oxygen atoms in total. The molecule has 0 radical (unpaired) electrons. The van der Waals surface area contributed by atoms with Crippen LogP contribution in [0.2, 0.25) is 0 Å². The number of anilines is 1. The van der Waals surface area contributed by atoms with Crippen LogP contribution < -0.4 is 5.73 Å². The Hall–Kier alpha value is -1.52. The van der Waals surface area contributed by atoms with Crippen molar-refractivity contribution in [3.05, 3.63) is 11.8 Å². The molecule has 0 unspecified atom stereocenters. The summed E-state index contributed by atoms with van der Waals surface area (Å²) >= 11 is 0. The van der Waals surface area contributed by atoms with Crippen molar-refractivity contribution in [1.82, 2.24) is 15.1 Å². The number of nitrogen functional groups attached to an aromatic ring is 1. The monoisotopic (exact) mass is 238 g/mol. The van der Waals surface area contributed by atoms with Gasteiger partial charge >= 0.3 is 0 Å². The molecule has 0 aliphatic rings. The Bertz CT molecular complexity index is 340. The highest BCUT2D eigenvalue weighted by Crippen LogP contribution is 2.08. The van der Waals surface area contributed by atoms with Crippen LogP contribution in [0.3, 0.4) is 0 Å². The van der Waals surface area contributed by atoms with Crippen molar-refractivity contribution in [3.8, 4) is 0 Å². The maximum atomic E-state index is 12.2. The highest BCUT2D eigenvalue weighted by molar-refractivity contribution is 5.92. The van der Waals surface area contributed by atoms with Crippen LogP contribution >= 0.6 is 0 Å². The van der Waals surface area contributed by atoms with Crippen LogP contribution in [-0.4, -0.2) is 34.1 Å². The first-order chi connectivity index (χ1) is 8.19. The van der Waals surface area contributed by atoms with E-state index in [2.05, 4.69) is 24.0 Å². The Balaban J connectivity index is 2.64. The minimum atomic E-state index is -0.00361. The maximum Gasteiger partial charge on any atom is 0.271 e. The summed E-state index contributed by atoms with van der Waals surface area (Å²) in [5.74, 6) is 0.357. The van der Waals surface area contributed by atoms with Crippen molar-refractivity contribution in [1.29, 1.82) is 0 Å². The van der Waals surface area contributed by atoms with Crippen molar-refractivity contribution in [3.63, 3.8) is 0 Å². The number of rotatable bonds is 7. The molecular formula is C12H22N4O. The summed E-state index contributed by atoms with van der Waals surface area (Å²) in [5, 5.41) is 6.46. The molecule has 1 aromatic rings. The van der Waals surface area contributed by atoms with E-state index < -0.39 is 0 Å². The van der Waals surface area contributed by atoms with Gasteiger partial charge in [-0.2, -0.15) is 5.10 Å². The van der Waals surface area contributed by atoms with E-state index in [9.17, 15) is 4.79 Å². The first kappa shape index (κ1) is 13.5. The highest BCUT2D eigenvalue weighted by Gasteiger charge is 2.16. The molecule has 0 aromatic carbocycles. The van der Waals surface area contributed by atoms with Crippen LogP contribution in [-0.2, 0) is 0 Å². The second kappa shape index (κ2) is 6.93. The summed E-state index contributed by atoms with van der Waals surface area (Å²) < 4.78 is 0. The Morgan fingerprint density at radius 2 is 1.94 bits per heavy atom. The van der Waals surface area contributed by atoms with Crippen LogP contribution in [0.1, 0.15) is 50.0 Å². The van der Waals surface area contributed by atoms with E-state index in [0.29, 0.717) is 11.5 Å². The van der Waals surface area contributed by atoms with E-state index in [1.165, 1.54) is 0 Å². The molecule has 3 N–H and O–H groups in total. The molecule has 5 heteroatoms. The number of aromatic nitrogens is 2. The van der Waals surface area contributed by atoms with E-state index in [4.69, 9.17) is 5.73 Å². The van der Waals surface area contributed by atoms with Gasteiger partial charge in [0, 0.05) is 19.2 Å². The van der Waals surface area contributed by atoms with Gasteiger partial charge in [-0.1, -0.05) is 26.7 Å². The van der Waals surface area contributed by atoms with E-state index in [1.807, 2.05) is 4.90 Å². The molecule has 1 rings (SSSR count). The molecule has 1 amide bonds. The van der Waals surface area contributed by atoms with E-state index >= 15 is 0 Å². The number of amides is 1. The molecular weight excluding hydrogens is 216 g/mol. The van der Waals surface area contributed by atoms with Gasteiger partial charge in [0.1, 0.15) is 11.5 Å². The molecule has 0 atom stereocenters. The number of unbranched alkanes of at least 4 members (excludes halogenated alkanes) is 2. The van der Waals surface area contributed by atoms with Gasteiger partial charge in [0.05, 0.1) is 0 Å². The third-order valence-corrected chi connectivity index (χ3v) is 2.68. The van der Waals surface area contributed by atoms with Gasteiger partial charge in [-0.3, -0.25) is 9.89 Å². The van der Waals surface area contributed by atoms with Gasteiger partial charge in [0.25, 0.3) is 5.91 Å². The summed E-state index contributed by atoms with van der Waals surface area (Å²) in [4.78, 5) is 14.0. The fourth-order valence-electron chi connectivity index (χ4n) is 1.63. The third-order valence-electron chi connectivity index (χ3n) is 2.68. The molecule has 1 aromatic heterocycles. The third kappa shape index (κ3) is 4.09. The summed E-state index contributed by atoms with van der Waals surface area (Å²) in [5.41, 5.74) is 5.98. The lowest BCUT2D eigenvalue weighted by Gasteiger charge is -2.21.